The summed E-state index contributed by atoms with van der Waals surface area (Å²) in [7, 11) is 0. The lowest BCUT2D eigenvalue weighted by Gasteiger charge is -2.38. The van der Waals surface area contributed by atoms with E-state index in [1.807, 2.05) is 0 Å². The van der Waals surface area contributed by atoms with Crippen molar-refractivity contribution in [3.8, 4) is 5.75 Å². The Kier molecular flexibility index (Phi) is 6.16. The summed E-state index contributed by atoms with van der Waals surface area (Å²) in [4.78, 5) is 0. The fourth-order valence-electron chi connectivity index (χ4n) is 3.92. The van der Waals surface area contributed by atoms with Gasteiger partial charge >= 0.3 is 6.11 Å². The van der Waals surface area contributed by atoms with Crippen LogP contribution < -0.4 is 4.74 Å². The van der Waals surface area contributed by atoms with E-state index in [-0.39, 0.29) is 36.7 Å². The van der Waals surface area contributed by atoms with Crippen LogP contribution in [0, 0.1) is 37.4 Å². The predicted molar refractivity (Wildman–Crippen MR) is 96.3 cm³/mol. The number of halogens is 3. The van der Waals surface area contributed by atoms with E-state index in [2.05, 4.69) is 6.58 Å². The average Bonchev–Trinajstić information content (AvgIpc) is 2.65. The molecule has 1 saturated carbocycles. The minimum atomic E-state index is -3.41. The van der Waals surface area contributed by atoms with Gasteiger partial charge in [-0.15, -0.1) is 6.58 Å². The molecule has 0 spiro atoms. The normalized spacial score (nSPS) is 29.4. The van der Waals surface area contributed by atoms with Crippen molar-refractivity contribution in [2.75, 3.05) is 13.2 Å². The van der Waals surface area contributed by atoms with Crippen molar-refractivity contribution in [2.45, 2.75) is 51.9 Å². The first kappa shape index (κ1) is 20.2. The standard InChI is InChI=1S/C21H27F3O3/c1-4-15-11-25-20(26-12-15)16-5-7-17(8-6-16)21(23,24)27-19-14(3)9-13(2)10-18(19)22/h4,9-10,15-17,20H,1,5-8,11-12H2,2-3H3. The van der Waals surface area contributed by atoms with Gasteiger partial charge in [-0.1, -0.05) is 12.1 Å². The van der Waals surface area contributed by atoms with Crippen molar-refractivity contribution >= 4 is 0 Å². The van der Waals surface area contributed by atoms with Gasteiger partial charge in [0, 0.05) is 11.8 Å². The van der Waals surface area contributed by atoms with Gasteiger partial charge in [-0.2, -0.15) is 8.78 Å². The summed E-state index contributed by atoms with van der Waals surface area (Å²) in [6, 6.07) is 2.85. The minimum Gasteiger partial charge on any atom is -0.429 e. The molecule has 150 valence electrons. The molecule has 0 N–H and O–H groups in total. The fraction of sp³-hybridized carbons (Fsp3) is 0.619. The number of rotatable bonds is 5. The number of ether oxygens (including phenoxy) is 3. The second-order valence-electron chi connectivity index (χ2n) is 7.70. The van der Waals surface area contributed by atoms with Gasteiger partial charge in [-0.3, -0.25) is 0 Å². The summed E-state index contributed by atoms with van der Waals surface area (Å²) in [6.07, 6.45) is -0.222. The van der Waals surface area contributed by atoms with Crippen molar-refractivity contribution in [3.63, 3.8) is 0 Å². The molecule has 0 aromatic heterocycles. The molecule has 6 heteroatoms. The zero-order valence-corrected chi connectivity index (χ0v) is 15.8. The van der Waals surface area contributed by atoms with E-state index >= 15 is 0 Å². The third kappa shape index (κ3) is 4.66. The molecule has 2 fully saturated rings. The summed E-state index contributed by atoms with van der Waals surface area (Å²) < 4.78 is 59.7. The van der Waals surface area contributed by atoms with Crippen LogP contribution in [0.4, 0.5) is 13.2 Å². The Labute approximate surface area is 158 Å². The van der Waals surface area contributed by atoms with Crippen LogP contribution in [-0.4, -0.2) is 25.6 Å². The van der Waals surface area contributed by atoms with Gasteiger partial charge in [-0.05, 0) is 56.7 Å². The van der Waals surface area contributed by atoms with Crippen LogP contribution in [0.2, 0.25) is 0 Å². The first-order valence-corrected chi connectivity index (χ1v) is 9.49. The lowest BCUT2D eigenvalue weighted by Crippen LogP contribution is -2.42. The molecule has 3 nitrogen and oxygen atoms in total. The number of alkyl halides is 2. The predicted octanol–water partition coefficient (Wildman–Crippen LogP) is 5.40. The summed E-state index contributed by atoms with van der Waals surface area (Å²) in [5, 5.41) is 0. The molecule has 0 bridgehead atoms. The molecular formula is C21H27F3O3. The number of benzene rings is 1. The molecule has 0 radical (unpaired) electrons. The molecule has 1 saturated heterocycles. The molecule has 2 aliphatic rings. The highest BCUT2D eigenvalue weighted by molar-refractivity contribution is 5.37. The second-order valence-corrected chi connectivity index (χ2v) is 7.70. The van der Waals surface area contributed by atoms with Crippen LogP contribution in [-0.2, 0) is 9.47 Å². The van der Waals surface area contributed by atoms with E-state index < -0.39 is 17.8 Å². The molecule has 0 amide bonds. The molecule has 1 heterocycles. The maximum Gasteiger partial charge on any atom is 0.400 e. The highest BCUT2D eigenvalue weighted by atomic mass is 19.3. The summed E-state index contributed by atoms with van der Waals surface area (Å²) in [6.45, 7) is 8.13. The van der Waals surface area contributed by atoms with Gasteiger partial charge in [-0.25, -0.2) is 4.39 Å². The topological polar surface area (TPSA) is 27.7 Å². The highest BCUT2D eigenvalue weighted by Crippen LogP contribution is 2.43. The van der Waals surface area contributed by atoms with E-state index in [4.69, 9.17) is 14.2 Å². The Morgan fingerprint density at radius 1 is 1.11 bits per heavy atom. The molecule has 0 atom stereocenters. The zero-order chi connectivity index (χ0) is 19.6. The quantitative estimate of drug-likeness (QED) is 0.637. The summed E-state index contributed by atoms with van der Waals surface area (Å²) in [5.74, 6) is -1.77. The lowest BCUT2D eigenvalue weighted by atomic mass is 9.80. The van der Waals surface area contributed by atoms with Crippen LogP contribution in [0.25, 0.3) is 0 Å². The maximum atomic E-state index is 14.7. The van der Waals surface area contributed by atoms with Crippen LogP contribution in [0.5, 0.6) is 5.75 Å². The van der Waals surface area contributed by atoms with E-state index in [0.717, 1.165) is 0 Å². The van der Waals surface area contributed by atoms with Crippen LogP contribution in [0.3, 0.4) is 0 Å². The van der Waals surface area contributed by atoms with Crippen LogP contribution in [0.1, 0.15) is 36.8 Å². The summed E-state index contributed by atoms with van der Waals surface area (Å²) >= 11 is 0. The Bertz CT molecular complexity index is 638. The van der Waals surface area contributed by atoms with E-state index in [1.54, 1.807) is 26.0 Å². The van der Waals surface area contributed by atoms with Gasteiger partial charge in [0.15, 0.2) is 17.9 Å². The number of aryl methyl sites for hydroxylation is 2. The third-order valence-electron chi connectivity index (χ3n) is 5.53. The first-order valence-electron chi connectivity index (χ1n) is 9.49. The number of hydrogen-bond acceptors (Lipinski definition) is 3. The minimum absolute atomic E-state index is 0.0978. The highest BCUT2D eigenvalue weighted by Gasteiger charge is 2.46. The van der Waals surface area contributed by atoms with E-state index in [0.29, 0.717) is 37.2 Å². The molecule has 1 aliphatic heterocycles. The van der Waals surface area contributed by atoms with Gasteiger partial charge in [0.05, 0.1) is 19.1 Å². The molecule has 3 rings (SSSR count). The first-order chi connectivity index (χ1) is 12.8. The molecule has 1 aromatic carbocycles. The van der Waals surface area contributed by atoms with Gasteiger partial charge in [0.25, 0.3) is 0 Å². The lowest BCUT2D eigenvalue weighted by molar-refractivity contribution is -0.245. The van der Waals surface area contributed by atoms with Crippen molar-refractivity contribution in [1.29, 1.82) is 0 Å². The van der Waals surface area contributed by atoms with Crippen molar-refractivity contribution in [1.82, 2.24) is 0 Å². The summed E-state index contributed by atoms with van der Waals surface area (Å²) in [5.41, 5.74) is 1.05. The Balaban J connectivity index is 1.58. The monoisotopic (exact) mass is 384 g/mol. The van der Waals surface area contributed by atoms with Gasteiger partial charge in [0.2, 0.25) is 0 Å². The Morgan fingerprint density at radius 2 is 1.74 bits per heavy atom. The largest absolute Gasteiger partial charge is 0.429 e. The SMILES string of the molecule is C=CC1COC(C2CCC(C(F)(F)Oc3c(C)cc(C)cc3F)CC2)OC1. The second kappa shape index (κ2) is 8.23. The molecule has 0 unspecified atom stereocenters. The van der Waals surface area contributed by atoms with E-state index in [9.17, 15) is 13.2 Å². The van der Waals surface area contributed by atoms with Crippen molar-refractivity contribution in [3.05, 3.63) is 41.7 Å². The van der Waals surface area contributed by atoms with E-state index in [1.165, 1.54) is 6.07 Å². The molecule has 27 heavy (non-hydrogen) atoms. The Morgan fingerprint density at radius 3 is 2.30 bits per heavy atom. The van der Waals surface area contributed by atoms with Crippen molar-refractivity contribution in [2.24, 2.45) is 17.8 Å². The molecule has 1 aromatic rings. The smallest absolute Gasteiger partial charge is 0.400 e. The molecular weight excluding hydrogens is 357 g/mol. The maximum absolute atomic E-state index is 14.7. The Hall–Kier alpha value is -1.53. The van der Waals surface area contributed by atoms with Gasteiger partial charge in [0.1, 0.15) is 0 Å². The number of hydrogen-bond donors (Lipinski definition) is 0. The zero-order valence-electron chi connectivity index (χ0n) is 15.8. The fourth-order valence-corrected chi connectivity index (χ4v) is 3.92. The van der Waals surface area contributed by atoms with Crippen molar-refractivity contribution < 1.29 is 27.4 Å². The van der Waals surface area contributed by atoms with Gasteiger partial charge < -0.3 is 14.2 Å². The molecule has 1 aliphatic carbocycles. The third-order valence-corrected chi connectivity index (χ3v) is 5.53. The van der Waals surface area contributed by atoms with Crippen LogP contribution >= 0.6 is 0 Å². The van der Waals surface area contributed by atoms with Crippen LogP contribution in [0.15, 0.2) is 24.8 Å². The average molecular weight is 384 g/mol.